The third-order valence-electron chi connectivity index (χ3n) is 1.91. The number of hydrogen-bond acceptors (Lipinski definition) is 3. The van der Waals surface area contributed by atoms with Gasteiger partial charge in [-0.05, 0) is 11.6 Å². The fourth-order valence-electron chi connectivity index (χ4n) is 1.25. The summed E-state index contributed by atoms with van der Waals surface area (Å²) >= 11 is 1.47. The average Bonchev–Trinajstić information content (AvgIpc) is 2.30. The minimum absolute atomic E-state index is 0.561. The maximum atomic E-state index is 10.6. The number of aldehydes is 1. The molecule has 0 saturated carbocycles. The van der Waals surface area contributed by atoms with Crippen molar-refractivity contribution in [2.75, 3.05) is 5.75 Å². The quantitative estimate of drug-likeness (QED) is 0.690. The maximum absolute atomic E-state index is 10.6. The Bertz CT molecular complexity index is 395. The van der Waals surface area contributed by atoms with Crippen molar-refractivity contribution < 1.29 is 4.79 Å². The van der Waals surface area contributed by atoms with Gasteiger partial charge in [0.2, 0.25) is 0 Å². The van der Waals surface area contributed by atoms with Crippen molar-refractivity contribution in [3.8, 4) is 0 Å². The van der Waals surface area contributed by atoms with Crippen LogP contribution < -0.4 is 0 Å². The molecule has 3 heteroatoms. The third kappa shape index (κ3) is 1.93. The van der Waals surface area contributed by atoms with Crippen LogP contribution in [0.3, 0.4) is 0 Å². The highest BCUT2D eigenvalue weighted by molar-refractivity contribution is 8.15. The molecule has 0 saturated heterocycles. The molecule has 70 valence electrons. The molecule has 1 aromatic rings. The van der Waals surface area contributed by atoms with E-state index < -0.39 is 0 Å². The van der Waals surface area contributed by atoms with Crippen LogP contribution >= 0.6 is 11.8 Å². The van der Waals surface area contributed by atoms with E-state index in [0.29, 0.717) is 5.04 Å². The van der Waals surface area contributed by atoms with E-state index in [0.717, 1.165) is 23.3 Å². The fraction of sp³-hybridized carbons (Fsp3) is 0.0909. The van der Waals surface area contributed by atoms with Crippen molar-refractivity contribution in [2.24, 2.45) is 4.99 Å². The number of carbonyl (C=O) groups excluding carboxylic acids is 1. The number of benzene rings is 1. The van der Waals surface area contributed by atoms with Gasteiger partial charge in [0.05, 0.1) is 5.70 Å². The van der Waals surface area contributed by atoms with Crippen LogP contribution in [0.15, 0.2) is 41.4 Å². The summed E-state index contributed by atoms with van der Waals surface area (Å²) < 4.78 is 0. The minimum Gasteiger partial charge on any atom is -0.296 e. The van der Waals surface area contributed by atoms with Crippen LogP contribution in [-0.4, -0.2) is 17.1 Å². The van der Waals surface area contributed by atoms with Crippen LogP contribution in [0.1, 0.15) is 5.56 Å². The molecule has 0 spiro atoms. The summed E-state index contributed by atoms with van der Waals surface area (Å²) in [6.07, 6.45) is 2.84. The lowest BCUT2D eigenvalue weighted by Gasteiger charge is -2.08. The molecule has 0 aromatic heterocycles. The molecule has 0 atom stereocenters. The number of aliphatic imine (C=N–C) groups is 1. The lowest BCUT2D eigenvalue weighted by Crippen LogP contribution is -2.00. The Kier molecular flexibility index (Phi) is 2.79. The highest BCUT2D eigenvalue weighted by Crippen LogP contribution is 2.22. The molecule has 0 fully saturated rings. The molecule has 14 heavy (non-hydrogen) atoms. The number of carbonyl (C=O) groups is 1. The standard InChI is InChI=1S/C11H9NOS/c13-8-11-12-10(6-7-14-11)9-4-2-1-3-5-9/h1-6,8H,7H2. The molecule has 0 unspecified atom stereocenters. The van der Waals surface area contributed by atoms with E-state index in [1.54, 1.807) is 0 Å². The molecular weight excluding hydrogens is 194 g/mol. The van der Waals surface area contributed by atoms with Crippen LogP contribution in [0.5, 0.6) is 0 Å². The second-order valence-corrected chi connectivity index (χ2v) is 3.87. The number of hydrogen-bond donors (Lipinski definition) is 0. The van der Waals surface area contributed by atoms with Crippen molar-refractivity contribution >= 4 is 28.8 Å². The summed E-state index contributed by atoms with van der Waals surface area (Å²) in [4.78, 5) is 14.8. The monoisotopic (exact) mass is 203 g/mol. The van der Waals surface area contributed by atoms with Crippen molar-refractivity contribution in [3.05, 3.63) is 42.0 Å². The molecule has 0 N–H and O–H groups in total. The SMILES string of the molecule is O=CC1=NC(c2ccccc2)=CCS1. The Morgan fingerprint density at radius 1 is 1.29 bits per heavy atom. The van der Waals surface area contributed by atoms with E-state index >= 15 is 0 Å². The largest absolute Gasteiger partial charge is 0.296 e. The molecule has 0 aliphatic carbocycles. The lowest BCUT2D eigenvalue weighted by molar-refractivity contribution is -0.102. The van der Waals surface area contributed by atoms with Crippen LogP contribution in [0, 0.1) is 0 Å². The minimum atomic E-state index is 0.561. The second-order valence-electron chi connectivity index (χ2n) is 2.83. The van der Waals surface area contributed by atoms with Gasteiger partial charge in [-0.2, -0.15) is 0 Å². The second kappa shape index (κ2) is 4.24. The first-order valence-corrected chi connectivity index (χ1v) is 5.31. The Labute approximate surface area is 86.7 Å². The van der Waals surface area contributed by atoms with Crippen LogP contribution in [0.25, 0.3) is 5.70 Å². The van der Waals surface area contributed by atoms with E-state index in [1.807, 2.05) is 36.4 Å². The van der Waals surface area contributed by atoms with Gasteiger partial charge in [-0.3, -0.25) is 4.79 Å². The molecule has 2 nitrogen and oxygen atoms in total. The zero-order chi connectivity index (χ0) is 9.80. The molecule has 0 amide bonds. The highest BCUT2D eigenvalue weighted by atomic mass is 32.2. The third-order valence-corrected chi connectivity index (χ3v) is 2.73. The molecule has 1 aliphatic rings. The van der Waals surface area contributed by atoms with Crippen LogP contribution in [-0.2, 0) is 4.79 Å². The first-order valence-electron chi connectivity index (χ1n) is 4.32. The van der Waals surface area contributed by atoms with Crippen molar-refractivity contribution in [3.63, 3.8) is 0 Å². The van der Waals surface area contributed by atoms with Gasteiger partial charge in [0.25, 0.3) is 0 Å². The maximum Gasteiger partial charge on any atom is 0.174 e. The summed E-state index contributed by atoms with van der Waals surface area (Å²) in [6, 6.07) is 9.88. The Morgan fingerprint density at radius 2 is 2.07 bits per heavy atom. The summed E-state index contributed by atoms with van der Waals surface area (Å²) in [5.41, 5.74) is 1.96. The van der Waals surface area contributed by atoms with E-state index in [-0.39, 0.29) is 0 Å². The number of nitrogens with zero attached hydrogens (tertiary/aromatic N) is 1. The summed E-state index contributed by atoms with van der Waals surface area (Å²) in [7, 11) is 0. The molecule has 0 radical (unpaired) electrons. The van der Waals surface area contributed by atoms with Gasteiger partial charge in [0.1, 0.15) is 5.04 Å². The first-order chi connectivity index (χ1) is 6.90. The lowest BCUT2D eigenvalue weighted by atomic mass is 10.1. The fourth-order valence-corrected chi connectivity index (χ4v) is 1.90. The van der Waals surface area contributed by atoms with Crippen molar-refractivity contribution in [2.45, 2.75) is 0 Å². The molecule has 0 bridgehead atoms. The predicted octanol–water partition coefficient (Wildman–Crippen LogP) is 2.37. The van der Waals surface area contributed by atoms with Gasteiger partial charge in [-0.1, -0.05) is 42.1 Å². The van der Waals surface area contributed by atoms with E-state index in [2.05, 4.69) is 4.99 Å². The zero-order valence-electron chi connectivity index (χ0n) is 7.51. The topological polar surface area (TPSA) is 29.4 Å². The van der Waals surface area contributed by atoms with Crippen molar-refractivity contribution in [1.29, 1.82) is 0 Å². The smallest absolute Gasteiger partial charge is 0.174 e. The van der Waals surface area contributed by atoms with Crippen molar-refractivity contribution in [1.82, 2.24) is 0 Å². The van der Waals surface area contributed by atoms with Crippen LogP contribution in [0.4, 0.5) is 0 Å². The Balaban J connectivity index is 2.32. The van der Waals surface area contributed by atoms with Crippen LogP contribution in [0.2, 0.25) is 0 Å². The Hall–Kier alpha value is -1.35. The summed E-state index contributed by atoms with van der Waals surface area (Å²) in [5, 5.41) is 0.561. The van der Waals surface area contributed by atoms with Gasteiger partial charge in [-0.25, -0.2) is 4.99 Å². The molecular formula is C11H9NOS. The predicted molar refractivity (Wildman–Crippen MR) is 60.4 cm³/mol. The van der Waals surface area contributed by atoms with E-state index in [4.69, 9.17) is 0 Å². The normalized spacial score (nSPS) is 15.7. The number of rotatable bonds is 2. The molecule has 1 heterocycles. The Morgan fingerprint density at radius 3 is 2.79 bits per heavy atom. The number of thioether (sulfide) groups is 1. The average molecular weight is 203 g/mol. The molecule has 1 aliphatic heterocycles. The van der Waals surface area contributed by atoms with Gasteiger partial charge >= 0.3 is 0 Å². The first kappa shape index (κ1) is 9.21. The van der Waals surface area contributed by atoms with E-state index in [1.165, 1.54) is 11.8 Å². The van der Waals surface area contributed by atoms with Gasteiger partial charge in [0, 0.05) is 5.75 Å². The van der Waals surface area contributed by atoms with E-state index in [9.17, 15) is 4.79 Å². The summed E-state index contributed by atoms with van der Waals surface area (Å²) in [6.45, 7) is 0. The summed E-state index contributed by atoms with van der Waals surface area (Å²) in [5.74, 6) is 0.821. The zero-order valence-corrected chi connectivity index (χ0v) is 8.33. The molecule has 1 aromatic carbocycles. The van der Waals surface area contributed by atoms with Gasteiger partial charge in [0.15, 0.2) is 6.29 Å². The highest BCUT2D eigenvalue weighted by Gasteiger charge is 2.07. The molecule has 2 rings (SSSR count). The van der Waals surface area contributed by atoms with Gasteiger partial charge in [-0.15, -0.1) is 0 Å². The van der Waals surface area contributed by atoms with Gasteiger partial charge < -0.3 is 0 Å².